The van der Waals surface area contributed by atoms with Gasteiger partial charge in [0.25, 0.3) is 0 Å². The Labute approximate surface area is 89.3 Å². The SMILES string of the molecule is CC(=O)NCc1ccc(F)c(C(F)(F)F)c1. The second-order valence-corrected chi connectivity index (χ2v) is 3.22. The summed E-state index contributed by atoms with van der Waals surface area (Å²) < 4.78 is 49.8. The first-order valence-electron chi connectivity index (χ1n) is 4.41. The minimum Gasteiger partial charge on any atom is -0.352 e. The Kier molecular flexibility index (Phi) is 3.51. The van der Waals surface area contributed by atoms with Gasteiger partial charge in [-0.3, -0.25) is 4.79 Å². The van der Waals surface area contributed by atoms with Gasteiger partial charge in [-0.1, -0.05) is 6.07 Å². The molecule has 0 radical (unpaired) electrons. The summed E-state index contributed by atoms with van der Waals surface area (Å²) in [5.74, 6) is -1.68. The van der Waals surface area contributed by atoms with E-state index in [0.717, 1.165) is 6.07 Å². The maximum absolute atomic E-state index is 12.9. The molecule has 16 heavy (non-hydrogen) atoms. The number of amides is 1. The van der Waals surface area contributed by atoms with Gasteiger partial charge in [0.1, 0.15) is 5.82 Å². The molecule has 2 nitrogen and oxygen atoms in total. The van der Waals surface area contributed by atoms with E-state index in [0.29, 0.717) is 6.07 Å². The molecule has 0 heterocycles. The van der Waals surface area contributed by atoms with Crippen molar-refractivity contribution in [2.45, 2.75) is 19.6 Å². The Bertz CT molecular complexity index is 400. The van der Waals surface area contributed by atoms with Crippen molar-refractivity contribution >= 4 is 5.91 Å². The van der Waals surface area contributed by atoms with Crippen molar-refractivity contribution in [2.75, 3.05) is 0 Å². The summed E-state index contributed by atoms with van der Waals surface area (Å²) in [6.07, 6.45) is -4.73. The summed E-state index contributed by atoms with van der Waals surface area (Å²) in [5.41, 5.74) is -1.13. The highest BCUT2D eigenvalue weighted by atomic mass is 19.4. The zero-order valence-electron chi connectivity index (χ0n) is 8.36. The summed E-state index contributed by atoms with van der Waals surface area (Å²) in [5, 5.41) is 2.33. The van der Waals surface area contributed by atoms with E-state index >= 15 is 0 Å². The lowest BCUT2D eigenvalue weighted by Gasteiger charge is -2.10. The molecule has 0 spiro atoms. The lowest BCUT2D eigenvalue weighted by atomic mass is 10.1. The van der Waals surface area contributed by atoms with Gasteiger partial charge in [-0.15, -0.1) is 0 Å². The number of carbonyl (C=O) groups is 1. The van der Waals surface area contributed by atoms with Crippen LogP contribution in [0.15, 0.2) is 18.2 Å². The topological polar surface area (TPSA) is 29.1 Å². The van der Waals surface area contributed by atoms with Crippen LogP contribution >= 0.6 is 0 Å². The molecule has 88 valence electrons. The molecule has 1 aromatic rings. The molecule has 0 aromatic heterocycles. The molecule has 6 heteroatoms. The molecule has 0 aliphatic carbocycles. The largest absolute Gasteiger partial charge is 0.419 e. The fraction of sp³-hybridized carbons (Fsp3) is 0.300. The van der Waals surface area contributed by atoms with Crippen LogP contribution in [-0.4, -0.2) is 5.91 Å². The molecule has 1 rings (SSSR count). The molecule has 0 bridgehead atoms. The van der Waals surface area contributed by atoms with Crippen LogP contribution in [0.4, 0.5) is 17.6 Å². The lowest BCUT2D eigenvalue weighted by Crippen LogP contribution is -2.19. The number of alkyl halides is 3. The van der Waals surface area contributed by atoms with E-state index in [1.165, 1.54) is 13.0 Å². The molecule has 1 aromatic carbocycles. The van der Waals surface area contributed by atoms with Gasteiger partial charge < -0.3 is 5.32 Å². The van der Waals surface area contributed by atoms with Gasteiger partial charge in [0.05, 0.1) is 5.56 Å². The third-order valence-electron chi connectivity index (χ3n) is 1.88. The van der Waals surface area contributed by atoms with Crippen molar-refractivity contribution in [2.24, 2.45) is 0 Å². The Morgan fingerprint density at radius 1 is 1.38 bits per heavy atom. The monoisotopic (exact) mass is 235 g/mol. The molecule has 0 fully saturated rings. The Balaban J connectivity index is 2.94. The summed E-state index contributed by atoms with van der Waals surface area (Å²) in [6.45, 7) is 1.19. The first-order chi connectivity index (χ1) is 7.30. The molecule has 0 aliphatic rings. The van der Waals surface area contributed by atoms with Crippen LogP contribution < -0.4 is 5.32 Å². The van der Waals surface area contributed by atoms with Crippen LogP contribution in [0.3, 0.4) is 0 Å². The highest BCUT2D eigenvalue weighted by Crippen LogP contribution is 2.31. The third kappa shape index (κ3) is 3.22. The molecule has 0 saturated heterocycles. The first-order valence-corrected chi connectivity index (χ1v) is 4.41. The molecule has 0 saturated carbocycles. The van der Waals surface area contributed by atoms with Gasteiger partial charge in [-0.25, -0.2) is 4.39 Å². The average Bonchev–Trinajstić information content (AvgIpc) is 2.14. The third-order valence-corrected chi connectivity index (χ3v) is 1.88. The maximum Gasteiger partial charge on any atom is 0.419 e. The van der Waals surface area contributed by atoms with E-state index in [1.54, 1.807) is 0 Å². The van der Waals surface area contributed by atoms with E-state index in [1.807, 2.05) is 0 Å². The van der Waals surface area contributed by atoms with Crippen LogP contribution in [0.5, 0.6) is 0 Å². The van der Waals surface area contributed by atoms with E-state index in [-0.39, 0.29) is 18.0 Å². The van der Waals surface area contributed by atoms with Gasteiger partial charge in [0.2, 0.25) is 5.91 Å². The van der Waals surface area contributed by atoms with E-state index < -0.39 is 17.6 Å². The van der Waals surface area contributed by atoms with Crippen molar-refractivity contribution < 1.29 is 22.4 Å². The van der Waals surface area contributed by atoms with Crippen molar-refractivity contribution in [3.8, 4) is 0 Å². The van der Waals surface area contributed by atoms with Crippen molar-refractivity contribution in [1.82, 2.24) is 5.32 Å². The number of halogens is 4. The number of hydrogen-bond donors (Lipinski definition) is 1. The zero-order chi connectivity index (χ0) is 12.3. The fourth-order valence-corrected chi connectivity index (χ4v) is 1.13. The van der Waals surface area contributed by atoms with Crippen LogP contribution in [0.25, 0.3) is 0 Å². The summed E-state index contributed by atoms with van der Waals surface area (Å²) >= 11 is 0. The fourth-order valence-electron chi connectivity index (χ4n) is 1.13. The van der Waals surface area contributed by atoms with Crippen LogP contribution in [0.2, 0.25) is 0 Å². The zero-order valence-corrected chi connectivity index (χ0v) is 8.36. The Morgan fingerprint density at radius 3 is 2.50 bits per heavy atom. The van der Waals surface area contributed by atoms with Crippen molar-refractivity contribution in [3.05, 3.63) is 35.1 Å². The minimum atomic E-state index is -4.73. The normalized spacial score (nSPS) is 11.3. The molecule has 1 N–H and O–H groups in total. The predicted molar refractivity (Wildman–Crippen MR) is 48.9 cm³/mol. The highest BCUT2D eigenvalue weighted by Gasteiger charge is 2.34. The van der Waals surface area contributed by atoms with Crippen LogP contribution in [0, 0.1) is 5.82 Å². The van der Waals surface area contributed by atoms with Gasteiger partial charge in [-0.2, -0.15) is 13.2 Å². The van der Waals surface area contributed by atoms with Crippen LogP contribution in [-0.2, 0) is 17.5 Å². The van der Waals surface area contributed by atoms with Crippen LogP contribution in [0.1, 0.15) is 18.1 Å². The van der Waals surface area contributed by atoms with Gasteiger partial charge in [0, 0.05) is 13.5 Å². The predicted octanol–water partition coefficient (Wildman–Crippen LogP) is 2.48. The maximum atomic E-state index is 12.9. The second-order valence-electron chi connectivity index (χ2n) is 3.22. The van der Waals surface area contributed by atoms with Gasteiger partial charge >= 0.3 is 6.18 Å². The number of nitrogens with one attached hydrogen (secondary N) is 1. The summed E-state index contributed by atoms with van der Waals surface area (Å²) in [6, 6.07) is 2.62. The van der Waals surface area contributed by atoms with E-state index in [2.05, 4.69) is 5.32 Å². The molecule has 0 atom stereocenters. The summed E-state index contributed by atoms with van der Waals surface area (Å²) in [7, 11) is 0. The number of carbonyl (C=O) groups excluding carboxylic acids is 1. The van der Waals surface area contributed by atoms with Crippen molar-refractivity contribution in [1.29, 1.82) is 0 Å². The first kappa shape index (κ1) is 12.5. The molecular formula is C10H9F4NO. The van der Waals surface area contributed by atoms with Gasteiger partial charge in [-0.05, 0) is 17.7 Å². The molecule has 0 aliphatic heterocycles. The smallest absolute Gasteiger partial charge is 0.352 e. The molecule has 1 amide bonds. The lowest BCUT2D eigenvalue weighted by molar-refractivity contribution is -0.140. The minimum absolute atomic E-state index is 0.0569. The van der Waals surface area contributed by atoms with E-state index in [4.69, 9.17) is 0 Å². The number of hydrogen-bond acceptors (Lipinski definition) is 1. The quantitative estimate of drug-likeness (QED) is 0.784. The van der Waals surface area contributed by atoms with Crippen molar-refractivity contribution in [3.63, 3.8) is 0 Å². The second kappa shape index (κ2) is 4.51. The van der Waals surface area contributed by atoms with Gasteiger partial charge in [0.15, 0.2) is 0 Å². The summed E-state index contributed by atoms with van der Waals surface area (Å²) in [4.78, 5) is 10.6. The molecular weight excluding hydrogens is 226 g/mol. The molecule has 0 unspecified atom stereocenters. The Hall–Kier alpha value is -1.59. The Morgan fingerprint density at radius 2 is 2.00 bits per heavy atom. The number of benzene rings is 1. The highest BCUT2D eigenvalue weighted by molar-refractivity contribution is 5.72. The van der Waals surface area contributed by atoms with E-state index in [9.17, 15) is 22.4 Å². The standard InChI is InChI=1S/C10H9F4NO/c1-6(16)15-5-7-2-3-9(11)8(4-7)10(12,13)14/h2-4H,5H2,1H3,(H,15,16). The average molecular weight is 235 g/mol. The number of rotatable bonds is 2.